The zero-order valence-corrected chi connectivity index (χ0v) is 16.8. The molecule has 3 rings (SSSR count). The number of aliphatic hydroxyl groups excluding tert-OH is 1. The van der Waals surface area contributed by atoms with Crippen molar-refractivity contribution in [1.29, 1.82) is 0 Å². The molecule has 0 spiro atoms. The van der Waals surface area contributed by atoms with Crippen molar-refractivity contribution in [3.63, 3.8) is 0 Å². The molecule has 13 heteroatoms. The number of nitrogens with one attached hydrogen (secondary N) is 1. The number of benzene rings is 1. The number of ether oxygens (including phenoxy) is 1. The maximum atomic E-state index is 12.4. The highest BCUT2D eigenvalue weighted by atomic mass is 32.2. The quantitative estimate of drug-likeness (QED) is 0.287. The minimum Gasteiger partial charge on any atom is -0.389 e. The molecule has 0 unspecified atom stereocenters. The summed E-state index contributed by atoms with van der Waals surface area (Å²) >= 11 is 0. The van der Waals surface area contributed by atoms with Gasteiger partial charge in [-0.15, -0.1) is 0 Å². The molecule has 1 fully saturated rings. The lowest BCUT2D eigenvalue weighted by atomic mass is 9.93. The third-order valence-corrected chi connectivity index (χ3v) is 6.11. The molecule has 2 aromatic rings. The summed E-state index contributed by atoms with van der Waals surface area (Å²) in [5, 5.41) is 14.2. The van der Waals surface area contributed by atoms with E-state index in [1.165, 1.54) is 19.1 Å². The normalized spacial score (nSPS) is 26.3. The van der Waals surface area contributed by atoms with Gasteiger partial charge in [0.25, 0.3) is 15.7 Å². The van der Waals surface area contributed by atoms with Gasteiger partial charge in [0.15, 0.2) is 6.23 Å². The molecule has 0 radical (unpaired) electrons. The third-order valence-electron chi connectivity index (χ3n) is 4.82. The number of hydrogen-bond acceptors (Lipinski definition) is 8. The molecule has 1 aromatic heterocycles. The van der Waals surface area contributed by atoms with Crippen molar-refractivity contribution in [2.45, 2.75) is 42.7 Å². The lowest BCUT2D eigenvalue weighted by Crippen LogP contribution is -2.45. The first kappa shape index (κ1) is 21.7. The van der Waals surface area contributed by atoms with Crippen LogP contribution in [0.5, 0.6) is 0 Å². The van der Waals surface area contributed by atoms with E-state index in [4.69, 9.17) is 14.5 Å². The van der Waals surface area contributed by atoms with Gasteiger partial charge >= 0.3 is 5.69 Å². The number of aromatic amines is 1. The number of rotatable bonds is 6. The number of aromatic nitrogens is 2. The molecular formula is C17H19N5O7S. The molecule has 2 heterocycles. The van der Waals surface area contributed by atoms with Crippen LogP contribution in [-0.2, 0) is 19.0 Å². The van der Waals surface area contributed by atoms with Gasteiger partial charge in [-0.2, -0.15) is 8.42 Å². The second kappa shape index (κ2) is 8.05. The van der Waals surface area contributed by atoms with E-state index in [1.807, 2.05) is 4.98 Å². The molecule has 2 N–H and O–H groups in total. The van der Waals surface area contributed by atoms with Gasteiger partial charge in [0.05, 0.1) is 17.6 Å². The molecule has 12 nitrogen and oxygen atoms in total. The van der Waals surface area contributed by atoms with Gasteiger partial charge in [0.2, 0.25) is 0 Å². The highest BCUT2D eigenvalue weighted by Gasteiger charge is 2.54. The molecule has 0 bridgehead atoms. The molecule has 30 heavy (non-hydrogen) atoms. The topological polar surface area (TPSA) is 176 Å². The van der Waals surface area contributed by atoms with Crippen molar-refractivity contribution in [2.24, 2.45) is 5.11 Å². The Morgan fingerprint density at radius 1 is 1.33 bits per heavy atom. The molecular weight excluding hydrogens is 418 g/mol. The van der Waals surface area contributed by atoms with Crippen molar-refractivity contribution in [3.8, 4) is 0 Å². The molecule has 4 atom stereocenters. The van der Waals surface area contributed by atoms with E-state index in [0.29, 0.717) is 0 Å². The van der Waals surface area contributed by atoms with Crippen molar-refractivity contribution >= 4 is 10.1 Å². The Hall–Kier alpha value is -2.96. The van der Waals surface area contributed by atoms with Crippen LogP contribution in [0, 0.1) is 6.92 Å². The maximum absolute atomic E-state index is 12.4. The van der Waals surface area contributed by atoms with Crippen LogP contribution in [0.4, 0.5) is 0 Å². The van der Waals surface area contributed by atoms with Gasteiger partial charge in [0, 0.05) is 17.2 Å². The lowest BCUT2D eigenvalue weighted by molar-refractivity contribution is -0.0432. The van der Waals surface area contributed by atoms with Crippen molar-refractivity contribution in [2.75, 3.05) is 6.61 Å². The largest absolute Gasteiger partial charge is 0.389 e. The van der Waals surface area contributed by atoms with E-state index in [9.17, 15) is 23.1 Å². The minimum absolute atomic E-state index is 0.0770. The molecule has 160 valence electrons. The summed E-state index contributed by atoms with van der Waals surface area (Å²) in [6.45, 7) is 2.55. The smallest absolute Gasteiger partial charge is 0.330 e. The van der Waals surface area contributed by atoms with Crippen LogP contribution >= 0.6 is 0 Å². The Balaban J connectivity index is 1.88. The number of H-pyrrole nitrogens is 1. The van der Waals surface area contributed by atoms with E-state index >= 15 is 0 Å². The maximum Gasteiger partial charge on any atom is 0.330 e. The molecule has 0 amide bonds. The zero-order chi connectivity index (χ0) is 22.1. The summed E-state index contributed by atoms with van der Waals surface area (Å²) < 4.78 is 36.4. The first-order valence-corrected chi connectivity index (χ1v) is 10.2. The van der Waals surface area contributed by atoms with Gasteiger partial charge in [-0.1, -0.05) is 22.8 Å². The van der Waals surface area contributed by atoms with Crippen LogP contribution in [0.1, 0.15) is 18.7 Å². The predicted molar refractivity (Wildman–Crippen MR) is 103 cm³/mol. The first-order chi connectivity index (χ1) is 14.1. The fourth-order valence-electron chi connectivity index (χ4n) is 3.12. The van der Waals surface area contributed by atoms with Gasteiger partial charge in [-0.25, -0.2) is 4.79 Å². The van der Waals surface area contributed by atoms with Gasteiger partial charge in [-0.3, -0.25) is 18.5 Å². The molecule has 0 saturated carbocycles. The average Bonchev–Trinajstić information content (AvgIpc) is 2.92. The first-order valence-electron chi connectivity index (χ1n) is 8.76. The van der Waals surface area contributed by atoms with Crippen LogP contribution in [0.3, 0.4) is 0 Å². The monoisotopic (exact) mass is 437 g/mol. The highest BCUT2D eigenvalue weighted by Crippen LogP contribution is 2.41. The molecule has 1 aliphatic rings. The second-order valence-corrected chi connectivity index (χ2v) is 8.57. The molecule has 1 aromatic carbocycles. The van der Waals surface area contributed by atoms with E-state index in [0.717, 1.165) is 22.4 Å². The Morgan fingerprint density at radius 3 is 2.60 bits per heavy atom. The van der Waals surface area contributed by atoms with Gasteiger partial charge < -0.3 is 9.84 Å². The van der Waals surface area contributed by atoms with E-state index in [1.54, 1.807) is 19.1 Å². The van der Waals surface area contributed by atoms with E-state index in [-0.39, 0.29) is 4.90 Å². The summed E-state index contributed by atoms with van der Waals surface area (Å²) in [5.41, 5.74) is 6.60. The highest BCUT2D eigenvalue weighted by molar-refractivity contribution is 7.86. The number of aryl methyl sites for hydroxylation is 1. The SMILES string of the molecule is Cc1ccc(S(=O)(=O)OC[C@H]2O[C@@H](n3ccc(=O)[nH]c3=O)[C@](C)(N=[N+]=[N-])[C@@H]2O)cc1. The fourth-order valence-corrected chi connectivity index (χ4v) is 4.04. The van der Waals surface area contributed by atoms with Crippen LogP contribution < -0.4 is 11.2 Å². The van der Waals surface area contributed by atoms with Gasteiger partial charge in [-0.05, 0) is 31.5 Å². The number of aliphatic hydroxyl groups is 1. The summed E-state index contributed by atoms with van der Waals surface area (Å²) in [6, 6.07) is 7.02. The standard InChI is InChI=1S/C17H19N5O7S/c1-10-3-5-11(6-4-10)30(26,27)28-9-12-14(24)17(2,20-21-18)15(29-12)22-8-7-13(23)19-16(22)25/h3-8,12,14-15,24H,9H2,1-2H3,(H,19,23,25)/t12-,14-,15-,17-/m1/s1. The summed E-state index contributed by atoms with van der Waals surface area (Å²) in [5.74, 6) is 0. The lowest BCUT2D eigenvalue weighted by Gasteiger charge is -2.27. The second-order valence-electron chi connectivity index (χ2n) is 6.96. The third kappa shape index (κ3) is 4.01. The van der Waals surface area contributed by atoms with Crippen molar-refractivity contribution in [3.05, 3.63) is 73.4 Å². The zero-order valence-electron chi connectivity index (χ0n) is 16.0. The van der Waals surface area contributed by atoms with Crippen molar-refractivity contribution in [1.82, 2.24) is 9.55 Å². The van der Waals surface area contributed by atoms with Crippen molar-refractivity contribution < 1.29 is 22.4 Å². The van der Waals surface area contributed by atoms with Crippen LogP contribution in [0.25, 0.3) is 10.4 Å². The number of hydrogen-bond donors (Lipinski definition) is 2. The Labute approximate surface area is 170 Å². The van der Waals surface area contributed by atoms with Gasteiger partial charge in [0.1, 0.15) is 11.6 Å². The summed E-state index contributed by atoms with van der Waals surface area (Å²) in [4.78, 5) is 28.1. The predicted octanol–water partition coefficient (Wildman–Crippen LogP) is 0.578. The summed E-state index contributed by atoms with van der Waals surface area (Å²) in [7, 11) is -4.14. The number of nitrogens with zero attached hydrogens (tertiary/aromatic N) is 4. The Bertz CT molecular complexity index is 1200. The molecule has 0 aliphatic carbocycles. The average molecular weight is 437 g/mol. The number of azide groups is 1. The minimum atomic E-state index is -4.14. The fraction of sp³-hybridized carbons (Fsp3) is 0.412. The molecule has 1 aliphatic heterocycles. The summed E-state index contributed by atoms with van der Waals surface area (Å²) in [6.07, 6.45) is -2.95. The van der Waals surface area contributed by atoms with Crippen LogP contribution in [0.15, 0.2) is 56.1 Å². The molecule has 1 saturated heterocycles. The van der Waals surface area contributed by atoms with E-state index in [2.05, 4.69) is 10.0 Å². The van der Waals surface area contributed by atoms with Crippen LogP contribution in [0.2, 0.25) is 0 Å². The van der Waals surface area contributed by atoms with Crippen LogP contribution in [-0.4, -0.2) is 47.4 Å². The Kier molecular flexibility index (Phi) is 5.83. The van der Waals surface area contributed by atoms with E-state index < -0.39 is 51.9 Å². The Morgan fingerprint density at radius 2 is 2.00 bits per heavy atom.